The summed E-state index contributed by atoms with van der Waals surface area (Å²) < 4.78 is 0. The van der Waals surface area contributed by atoms with Gasteiger partial charge in [-0.15, -0.1) is 0 Å². The van der Waals surface area contributed by atoms with Gasteiger partial charge in [0.1, 0.15) is 0 Å². The highest BCUT2D eigenvalue weighted by Crippen LogP contribution is 2.27. The second kappa shape index (κ2) is 7.12. The van der Waals surface area contributed by atoms with Gasteiger partial charge >= 0.3 is 0 Å². The molecule has 0 N–H and O–H groups in total. The van der Waals surface area contributed by atoms with E-state index in [4.69, 9.17) is 4.98 Å². The molecular formula is C20H25N3O. The number of carbonyl (C=O) groups excluding carboxylic acids is 1. The van der Waals surface area contributed by atoms with E-state index in [0.29, 0.717) is 5.92 Å². The molecule has 24 heavy (non-hydrogen) atoms. The smallest absolute Gasteiger partial charge is 0.225 e. The first-order chi connectivity index (χ1) is 11.5. The Bertz CT molecular complexity index is 726. The molecule has 0 saturated carbocycles. The number of aryl methyl sites for hydroxylation is 1. The third-order valence-corrected chi connectivity index (χ3v) is 4.60. The molecule has 1 aromatic carbocycles. The predicted molar refractivity (Wildman–Crippen MR) is 95.6 cm³/mol. The van der Waals surface area contributed by atoms with Gasteiger partial charge in [0.2, 0.25) is 5.91 Å². The highest BCUT2D eigenvalue weighted by molar-refractivity contribution is 5.78. The van der Waals surface area contributed by atoms with Crippen LogP contribution in [0.15, 0.2) is 36.5 Å². The first-order valence-corrected chi connectivity index (χ1v) is 8.73. The van der Waals surface area contributed by atoms with Gasteiger partial charge in [-0.1, -0.05) is 37.6 Å². The minimum atomic E-state index is 0.0528. The number of likely N-dealkylation sites (tertiary alicyclic amines) is 1. The number of piperidine rings is 1. The van der Waals surface area contributed by atoms with Gasteiger partial charge in [-0.05, 0) is 31.9 Å². The third kappa shape index (κ3) is 3.64. The molecule has 126 valence electrons. The van der Waals surface area contributed by atoms with Crippen LogP contribution >= 0.6 is 0 Å². The minimum absolute atomic E-state index is 0.0528. The Morgan fingerprint density at radius 1 is 1.29 bits per heavy atom. The third-order valence-electron chi connectivity index (χ3n) is 4.60. The van der Waals surface area contributed by atoms with Gasteiger partial charge in [-0.3, -0.25) is 4.79 Å². The largest absolute Gasteiger partial charge is 0.342 e. The van der Waals surface area contributed by atoms with Crippen molar-refractivity contribution in [3.63, 3.8) is 0 Å². The Labute approximate surface area is 143 Å². The molecule has 1 amide bonds. The Kier molecular flexibility index (Phi) is 4.93. The van der Waals surface area contributed by atoms with Crippen LogP contribution < -0.4 is 0 Å². The van der Waals surface area contributed by atoms with Crippen LogP contribution in [0, 0.1) is 12.8 Å². The number of nitrogens with zero attached hydrogens (tertiary/aromatic N) is 3. The molecule has 1 atom stereocenters. The average Bonchev–Trinajstić information content (AvgIpc) is 2.61. The Balaban J connectivity index is 1.82. The van der Waals surface area contributed by atoms with Crippen molar-refractivity contribution in [2.45, 2.75) is 39.5 Å². The summed E-state index contributed by atoms with van der Waals surface area (Å²) in [5.74, 6) is 1.36. The van der Waals surface area contributed by atoms with Gasteiger partial charge in [0.05, 0.1) is 0 Å². The Hall–Kier alpha value is -2.23. The van der Waals surface area contributed by atoms with Gasteiger partial charge in [0.15, 0.2) is 5.82 Å². The van der Waals surface area contributed by atoms with Gasteiger partial charge in [-0.25, -0.2) is 9.97 Å². The average molecular weight is 323 g/mol. The van der Waals surface area contributed by atoms with E-state index in [2.05, 4.69) is 24.0 Å². The fourth-order valence-corrected chi connectivity index (χ4v) is 3.31. The van der Waals surface area contributed by atoms with Gasteiger partial charge < -0.3 is 4.90 Å². The molecular weight excluding hydrogens is 298 g/mol. The molecule has 4 heteroatoms. The van der Waals surface area contributed by atoms with E-state index >= 15 is 0 Å². The van der Waals surface area contributed by atoms with Crippen molar-refractivity contribution < 1.29 is 4.79 Å². The molecule has 3 rings (SSSR count). The summed E-state index contributed by atoms with van der Waals surface area (Å²) in [4.78, 5) is 23.5. The summed E-state index contributed by atoms with van der Waals surface area (Å²) in [6.07, 6.45) is 3.95. The quantitative estimate of drug-likeness (QED) is 0.863. The fraction of sp³-hybridized carbons (Fsp3) is 0.450. The number of benzene rings is 1. The number of rotatable bonds is 3. The zero-order chi connectivity index (χ0) is 17.1. The maximum absolute atomic E-state index is 12.3. The SMILES string of the molecule is Cc1cccc(-c2nccc([C@H]3CCCN(C(=O)C(C)C)C3)n2)c1. The van der Waals surface area contributed by atoms with Crippen LogP contribution in [0.25, 0.3) is 11.4 Å². The first kappa shape index (κ1) is 16.6. The number of hydrogen-bond acceptors (Lipinski definition) is 3. The molecule has 1 aliphatic rings. The van der Waals surface area contributed by atoms with E-state index in [9.17, 15) is 4.79 Å². The highest BCUT2D eigenvalue weighted by atomic mass is 16.2. The molecule has 0 aliphatic carbocycles. The van der Waals surface area contributed by atoms with Crippen LogP contribution in [0.3, 0.4) is 0 Å². The van der Waals surface area contributed by atoms with Crippen molar-refractivity contribution in [3.8, 4) is 11.4 Å². The van der Waals surface area contributed by atoms with Crippen molar-refractivity contribution in [2.75, 3.05) is 13.1 Å². The summed E-state index contributed by atoms with van der Waals surface area (Å²) in [6.45, 7) is 7.63. The van der Waals surface area contributed by atoms with Gasteiger partial charge in [0, 0.05) is 42.4 Å². The monoisotopic (exact) mass is 323 g/mol. The molecule has 4 nitrogen and oxygen atoms in total. The van der Waals surface area contributed by atoms with Crippen molar-refractivity contribution in [1.29, 1.82) is 0 Å². The number of aromatic nitrogens is 2. The molecule has 1 saturated heterocycles. The van der Waals surface area contributed by atoms with Crippen molar-refractivity contribution in [3.05, 3.63) is 47.8 Å². The van der Waals surface area contributed by atoms with Crippen LogP contribution in [0.5, 0.6) is 0 Å². The van der Waals surface area contributed by atoms with E-state index in [1.807, 2.05) is 43.1 Å². The standard InChI is InChI=1S/C20H25N3O/c1-14(2)20(24)23-11-5-8-17(13-23)18-9-10-21-19(22-18)16-7-4-6-15(3)12-16/h4,6-7,9-10,12,14,17H,5,8,11,13H2,1-3H3/t17-/m0/s1. The number of carbonyl (C=O) groups is 1. The molecule has 0 bridgehead atoms. The van der Waals surface area contributed by atoms with Crippen LogP contribution in [0.4, 0.5) is 0 Å². The Morgan fingerprint density at radius 2 is 2.12 bits per heavy atom. The summed E-state index contributed by atoms with van der Waals surface area (Å²) in [6, 6.07) is 10.2. The van der Waals surface area contributed by atoms with Crippen LogP contribution in [0.2, 0.25) is 0 Å². The lowest BCUT2D eigenvalue weighted by atomic mass is 9.93. The normalized spacial score (nSPS) is 18.0. The van der Waals surface area contributed by atoms with E-state index in [1.165, 1.54) is 5.56 Å². The molecule has 0 radical (unpaired) electrons. The molecule has 0 unspecified atom stereocenters. The molecule has 1 aromatic heterocycles. The second-order valence-corrected chi connectivity index (χ2v) is 6.95. The first-order valence-electron chi connectivity index (χ1n) is 8.73. The van der Waals surface area contributed by atoms with Crippen LogP contribution in [-0.4, -0.2) is 33.9 Å². The lowest BCUT2D eigenvalue weighted by Gasteiger charge is -2.33. The number of amides is 1. The highest BCUT2D eigenvalue weighted by Gasteiger charge is 2.27. The molecule has 1 aliphatic heterocycles. The lowest BCUT2D eigenvalue weighted by molar-refractivity contribution is -0.135. The van der Waals surface area contributed by atoms with Crippen molar-refractivity contribution in [2.24, 2.45) is 5.92 Å². The Morgan fingerprint density at radius 3 is 2.88 bits per heavy atom. The zero-order valence-electron chi connectivity index (χ0n) is 14.7. The van der Waals surface area contributed by atoms with Crippen LogP contribution in [-0.2, 0) is 4.79 Å². The lowest BCUT2D eigenvalue weighted by Crippen LogP contribution is -2.41. The summed E-state index contributed by atoms with van der Waals surface area (Å²) in [5.41, 5.74) is 3.29. The van der Waals surface area contributed by atoms with E-state index in [1.54, 1.807) is 0 Å². The van der Waals surface area contributed by atoms with E-state index in [0.717, 1.165) is 43.0 Å². The summed E-state index contributed by atoms with van der Waals surface area (Å²) >= 11 is 0. The maximum atomic E-state index is 12.3. The molecule has 2 aromatic rings. The zero-order valence-corrected chi connectivity index (χ0v) is 14.7. The minimum Gasteiger partial charge on any atom is -0.342 e. The van der Waals surface area contributed by atoms with Crippen molar-refractivity contribution in [1.82, 2.24) is 14.9 Å². The molecule has 1 fully saturated rings. The topological polar surface area (TPSA) is 46.1 Å². The van der Waals surface area contributed by atoms with Gasteiger partial charge in [-0.2, -0.15) is 0 Å². The molecule has 0 spiro atoms. The maximum Gasteiger partial charge on any atom is 0.225 e. The van der Waals surface area contributed by atoms with E-state index < -0.39 is 0 Å². The fourth-order valence-electron chi connectivity index (χ4n) is 3.31. The second-order valence-electron chi connectivity index (χ2n) is 6.95. The summed E-state index contributed by atoms with van der Waals surface area (Å²) in [5, 5.41) is 0. The predicted octanol–water partition coefficient (Wildman–Crippen LogP) is 3.81. The molecule has 2 heterocycles. The van der Waals surface area contributed by atoms with E-state index in [-0.39, 0.29) is 11.8 Å². The summed E-state index contributed by atoms with van der Waals surface area (Å²) in [7, 11) is 0. The number of hydrogen-bond donors (Lipinski definition) is 0. The van der Waals surface area contributed by atoms with Crippen molar-refractivity contribution >= 4 is 5.91 Å². The van der Waals surface area contributed by atoms with Gasteiger partial charge in [0.25, 0.3) is 0 Å². The van der Waals surface area contributed by atoms with Crippen LogP contribution in [0.1, 0.15) is 43.9 Å².